The van der Waals surface area contributed by atoms with Gasteiger partial charge in [-0.25, -0.2) is 4.39 Å². The third-order valence-electron chi connectivity index (χ3n) is 2.93. The summed E-state index contributed by atoms with van der Waals surface area (Å²) in [5.74, 6) is -0.357. The molecular weight excluding hydrogens is 253 g/mol. The van der Waals surface area contributed by atoms with Gasteiger partial charge in [0.2, 0.25) is 5.91 Å². The lowest BCUT2D eigenvalue weighted by atomic mass is 10.2. The molecule has 2 aromatic rings. The Balaban J connectivity index is 1.95. The fourth-order valence-electron chi connectivity index (χ4n) is 1.80. The van der Waals surface area contributed by atoms with Crippen LogP contribution in [0.5, 0.6) is 0 Å². The minimum Gasteiger partial charge on any atom is -0.338 e. The normalized spacial score (nSPS) is 10.7. The number of hydrogen-bond donors (Lipinski definition) is 0. The Bertz CT molecular complexity index is 590. The van der Waals surface area contributed by atoms with E-state index in [2.05, 4.69) is 0 Å². The van der Waals surface area contributed by atoms with Crippen molar-refractivity contribution in [2.24, 2.45) is 0 Å². The van der Waals surface area contributed by atoms with E-state index in [9.17, 15) is 9.18 Å². The molecule has 3 heteroatoms. The van der Waals surface area contributed by atoms with Gasteiger partial charge >= 0.3 is 0 Å². The number of benzene rings is 2. The molecule has 0 radical (unpaired) electrons. The smallest absolute Gasteiger partial charge is 0.246 e. The van der Waals surface area contributed by atoms with Gasteiger partial charge in [-0.05, 0) is 29.3 Å². The highest BCUT2D eigenvalue weighted by Crippen LogP contribution is 2.07. The number of rotatable bonds is 4. The van der Waals surface area contributed by atoms with Gasteiger partial charge in [-0.15, -0.1) is 0 Å². The summed E-state index contributed by atoms with van der Waals surface area (Å²) in [5.41, 5.74) is 1.88. The van der Waals surface area contributed by atoms with E-state index in [0.717, 1.165) is 11.1 Å². The second-order valence-corrected chi connectivity index (χ2v) is 4.56. The van der Waals surface area contributed by atoms with Crippen LogP contribution in [0, 0.1) is 5.82 Å². The lowest BCUT2D eigenvalue weighted by molar-refractivity contribution is -0.125. The summed E-state index contributed by atoms with van der Waals surface area (Å²) in [6.45, 7) is 0.457. The second kappa shape index (κ2) is 6.66. The molecule has 2 nitrogen and oxygen atoms in total. The molecule has 2 aromatic carbocycles. The van der Waals surface area contributed by atoms with Crippen molar-refractivity contribution >= 4 is 12.0 Å². The van der Waals surface area contributed by atoms with Crippen LogP contribution in [0.2, 0.25) is 0 Å². The molecule has 0 atom stereocenters. The Morgan fingerprint density at radius 2 is 1.75 bits per heavy atom. The molecule has 0 aromatic heterocycles. The van der Waals surface area contributed by atoms with Gasteiger partial charge in [0.15, 0.2) is 0 Å². The standard InChI is InChI=1S/C17H16FNO/c1-19(13-15-7-10-16(18)11-8-15)17(20)12-9-14-5-3-2-4-6-14/h2-12H,13H2,1H3/b12-9+. The second-order valence-electron chi connectivity index (χ2n) is 4.56. The van der Waals surface area contributed by atoms with Crippen LogP contribution in [-0.2, 0) is 11.3 Å². The number of hydrogen-bond acceptors (Lipinski definition) is 1. The Labute approximate surface area is 118 Å². The van der Waals surface area contributed by atoms with E-state index >= 15 is 0 Å². The summed E-state index contributed by atoms with van der Waals surface area (Å²) in [4.78, 5) is 13.5. The van der Waals surface area contributed by atoms with E-state index in [1.165, 1.54) is 12.1 Å². The molecule has 0 fully saturated rings. The van der Waals surface area contributed by atoms with Crippen LogP contribution in [0.4, 0.5) is 4.39 Å². The SMILES string of the molecule is CN(Cc1ccc(F)cc1)C(=O)/C=C/c1ccccc1. The fraction of sp³-hybridized carbons (Fsp3) is 0.118. The lowest BCUT2D eigenvalue weighted by Gasteiger charge is -2.15. The van der Waals surface area contributed by atoms with Crippen molar-refractivity contribution in [1.82, 2.24) is 4.90 Å². The highest BCUT2D eigenvalue weighted by atomic mass is 19.1. The Morgan fingerprint density at radius 1 is 1.10 bits per heavy atom. The average molecular weight is 269 g/mol. The predicted octanol–water partition coefficient (Wildman–Crippen LogP) is 3.50. The summed E-state index contributed by atoms with van der Waals surface area (Å²) in [6, 6.07) is 15.8. The summed E-state index contributed by atoms with van der Waals surface area (Å²) >= 11 is 0. The molecule has 0 saturated heterocycles. The van der Waals surface area contributed by atoms with Crippen molar-refractivity contribution < 1.29 is 9.18 Å². The first-order valence-corrected chi connectivity index (χ1v) is 6.38. The quantitative estimate of drug-likeness (QED) is 0.778. The van der Waals surface area contributed by atoms with Crippen molar-refractivity contribution in [1.29, 1.82) is 0 Å². The number of nitrogens with zero attached hydrogens (tertiary/aromatic N) is 1. The zero-order valence-corrected chi connectivity index (χ0v) is 11.3. The lowest BCUT2D eigenvalue weighted by Crippen LogP contribution is -2.24. The number of amides is 1. The van der Waals surface area contributed by atoms with Crippen molar-refractivity contribution in [3.05, 3.63) is 77.6 Å². The minimum absolute atomic E-state index is 0.0850. The molecule has 0 unspecified atom stereocenters. The molecular formula is C17H16FNO. The van der Waals surface area contributed by atoms with Crippen LogP contribution in [0.3, 0.4) is 0 Å². The maximum atomic E-state index is 12.8. The van der Waals surface area contributed by atoms with Crippen LogP contribution in [-0.4, -0.2) is 17.9 Å². The highest BCUT2D eigenvalue weighted by molar-refractivity contribution is 5.91. The van der Waals surface area contributed by atoms with Crippen LogP contribution >= 0.6 is 0 Å². The Hall–Kier alpha value is -2.42. The van der Waals surface area contributed by atoms with Crippen LogP contribution in [0.1, 0.15) is 11.1 Å². The molecule has 102 valence electrons. The van der Waals surface area contributed by atoms with E-state index in [-0.39, 0.29) is 11.7 Å². The molecule has 0 aliphatic rings. The Morgan fingerprint density at radius 3 is 2.40 bits per heavy atom. The Kier molecular flexibility index (Phi) is 4.66. The number of halogens is 1. The number of likely N-dealkylation sites (N-methyl/N-ethyl adjacent to an activating group) is 1. The van der Waals surface area contributed by atoms with E-state index in [0.29, 0.717) is 6.54 Å². The van der Waals surface area contributed by atoms with Crippen molar-refractivity contribution in [3.63, 3.8) is 0 Å². The molecule has 2 rings (SSSR count). The van der Waals surface area contributed by atoms with Gasteiger partial charge in [-0.3, -0.25) is 4.79 Å². The minimum atomic E-state index is -0.272. The molecule has 0 aliphatic carbocycles. The summed E-state index contributed by atoms with van der Waals surface area (Å²) in [5, 5.41) is 0. The molecule has 0 bridgehead atoms. The van der Waals surface area contributed by atoms with Gasteiger partial charge in [-0.1, -0.05) is 42.5 Å². The maximum Gasteiger partial charge on any atom is 0.246 e. The van der Waals surface area contributed by atoms with Crippen molar-refractivity contribution in [3.8, 4) is 0 Å². The topological polar surface area (TPSA) is 20.3 Å². The molecule has 0 spiro atoms. The summed E-state index contributed by atoms with van der Waals surface area (Å²) < 4.78 is 12.8. The predicted molar refractivity (Wildman–Crippen MR) is 78.4 cm³/mol. The highest BCUT2D eigenvalue weighted by Gasteiger charge is 2.05. The molecule has 0 aliphatic heterocycles. The fourth-order valence-corrected chi connectivity index (χ4v) is 1.80. The van der Waals surface area contributed by atoms with E-state index in [1.54, 1.807) is 36.2 Å². The molecule has 0 N–H and O–H groups in total. The van der Waals surface area contributed by atoms with E-state index in [4.69, 9.17) is 0 Å². The first-order chi connectivity index (χ1) is 9.65. The first-order valence-electron chi connectivity index (χ1n) is 6.38. The van der Waals surface area contributed by atoms with Crippen LogP contribution in [0.15, 0.2) is 60.7 Å². The zero-order chi connectivity index (χ0) is 14.4. The van der Waals surface area contributed by atoms with E-state index in [1.807, 2.05) is 30.3 Å². The molecule has 1 amide bonds. The van der Waals surface area contributed by atoms with Gasteiger partial charge in [0, 0.05) is 19.7 Å². The maximum absolute atomic E-state index is 12.8. The van der Waals surface area contributed by atoms with Gasteiger partial charge in [0.05, 0.1) is 0 Å². The van der Waals surface area contributed by atoms with Gasteiger partial charge in [0.1, 0.15) is 5.82 Å². The molecule has 0 heterocycles. The molecule has 20 heavy (non-hydrogen) atoms. The first kappa shape index (κ1) is 14.0. The average Bonchev–Trinajstić information content (AvgIpc) is 2.48. The monoisotopic (exact) mass is 269 g/mol. The third kappa shape index (κ3) is 4.05. The summed E-state index contributed by atoms with van der Waals surface area (Å²) in [7, 11) is 1.72. The van der Waals surface area contributed by atoms with E-state index < -0.39 is 0 Å². The van der Waals surface area contributed by atoms with Gasteiger partial charge in [-0.2, -0.15) is 0 Å². The number of carbonyl (C=O) groups is 1. The summed E-state index contributed by atoms with van der Waals surface area (Å²) in [6.07, 6.45) is 3.32. The van der Waals surface area contributed by atoms with Crippen LogP contribution in [0.25, 0.3) is 6.08 Å². The van der Waals surface area contributed by atoms with Gasteiger partial charge < -0.3 is 4.90 Å². The van der Waals surface area contributed by atoms with Crippen molar-refractivity contribution in [2.45, 2.75) is 6.54 Å². The largest absolute Gasteiger partial charge is 0.338 e. The van der Waals surface area contributed by atoms with Gasteiger partial charge in [0.25, 0.3) is 0 Å². The third-order valence-corrected chi connectivity index (χ3v) is 2.93. The number of carbonyl (C=O) groups excluding carboxylic acids is 1. The zero-order valence-electron chi connectivity index (χ0n) is 11.3. The molecule has 0 saturated carbocycles. The van der Waals surface area contributed by atoms with Crippen molar-refractivity contribution in [2.75, 3.05) is 7.05 Å². The van der Waals surface area contributed by atoms with Crippen LogP contribution < -0.4 is 0 Å².